The summed E-state index contributed by atoms with van der Waals surface area (Å²) in [7, 11) is 0. The first-order valence-electron chi connectivity index (χ1n) is 5.31. The first-order chi connectivity index (χ1) is 8.77. The van der Waals surface area contributed by atoms with Crippen molar-refractivity contribution < 1.29 is 8.91 Å². The summed E-state index contributed by atoms with van der Waals surface area (Å²) < 4.78 is 18.8. The highest BCUT2D eigenvalue weighted by molar-refractivity contribution is 7.13. The lowest BCUT2D eigenvalue weighted by atomic mass is 10.1. The molecule has 0 bridgehead atoms. The Hall–Kier alpha value is -2.14. The van der Waals surface area contributed by atoms with E-state index in [1.807, 2.05) is 17.5 Å². The number of hydrogen-bond acceptors (Lipinski definition) is 4. The standard InChI is InChI=1S/C13H9FN2OS/c14-9-5-2-1-4-8(9)12-11(13(15)17-16-12)10-6-3-7-18-10/h1-7H,15H2. The summed E-state index contributed by atoms with van der Waals surface area (Å²) in [6.45, 7) is 0. The van der Waals surface area contributed by atoms with E-state index in [2.05, 4.69) is 5.16 Å². The van der Waals surface area contributed by atoms with E-state index in [0.717, 1.165) is 4.88 Å². The summed E-state index contributed by atoms with van der Waals surface area (Å²) >= 11 is 1.51. The second-order valence-electron chi connectivity index (χ2n) is 3.73. The maximum Gasteiger partial charge on any atom is 0.231 e. The molecule has 3 rings (SSSR count). The maximum atomic E-state index is 13.8. The summed E-state index contributed by atoms with van der Waals surface area (Å²) in [6, 6.07) is 10.2. The molecule has 0 saturated heterocycles. The Morgan fingerprint density at radius 2 is 2.00 bits per heavy atom. The zero-order chi connectivity index (χ0) is 12.5. The summed E-state index contributed by atoms with van der Waals surface area (Å²) in [5, 5.41) is 5.79. The fraction of sp³-hybridized carbons (Fsp3) is 0. The van der Waals surface area contributed by atoms with Gasteiger partial charge in [0.2, 0.25) is 5.88 Å². The van der Waals surface area contributed by atoms with E-state index in [-0.39, 0.29) is 11.7 Å². The molecule has 1 aromatic carbocycles. The molecule has 2 aromatic heterocycles. The Labute approximate surface area is 107 Å². The van der Waals surface area contributed by atoms with Crippen molar-refractivity contribution in [2.24, 2.45) is 0 Å². The third-order valence-electron chi connectivity index (χ3n) is 2.62. The molecular formula is C13H9FN2OS. The van der Waals surface area contributed by atoms with Crippen LogP contribution in [0.3, 0.4) is 0 Å². The average molecular weight is 260 g/mol. The third-order valence-corrected chi connectivity index (χ3v) is 3.50. The number of hydrogen-bond donors (Lipinski definition) is 1. The van der Waals surface area contributed by atoms with Crippen LogP contribution in [0.1, 0.15) is 0 Å². The number of nitrogens with zero attached hydrogens (tertiary/aromatic N) is 1. The van der Waals surface area contributed by atoms with Crippen LogP contribution in [0.2, 0.25) is 0 Å². The predicted molar refractivity (Wildman–Crippen MR) is 69.6 cm³/mol. The highest BCUT2D eigenvalue weighted by Crippen LogP contribution is 2.39. The monoisotopic (exact) mass is 260 g/mol. The van der Waals surface area contributed by atoms with Crippen LogP contribution in [0.5, 0.6) is 0 Å². The molecule has 5 heteroatoms. The quantitative estimate of drug-likeness (QED) is 0.762. The fourth-order valence-electron chi connectivity index (χ4n) is 1.80. The van der Waals surface area contributed by atoms with Gasteiger partial charge < -0.3 is 10.3 Å². The van der Waals surface area contributed by atoms with Crippen molar-refractivity contribution in [1.82, 2.24) is 5.16 Å². The minimum atomic E-state index is -0.344. The Morgan fingerprint density at radius 1 is 1.17 bits per heavy atom. The van der Waals surface area contributed by atoms with Crippen molar-refractivity contribution >= 4 is 17.2 Å². The van der Waals surface area contributed by atoms with Gasteiger partial charge in [0.05, 0.1) is 5.56 Å². The van der Waals surface area contributed by atoms with Crippen LogP contribution >= 0.6 is 11.3 Å². The van der Waals surface area contributed by atoms with Crippen molar-refractivity contribution in [2.75, 3.05) is 5.73 Å². The summed E-state index contributed by atoms with van der Waals surface area (Å²) in [5.74, 6) is -0.140. The second kappa shape index (κ2) is 4.27. The van der Waals surface area contributed by atoms with Gasteiger partial charge in [-0.25, -0.2) is 4.39 Å². The molecule has 0 fully saturated rings. The van der Waals surface area contributed by atoms with Crippen LogP contribution < -0.4 is 5.73 Å². The number of aromatic nitrogens is 1. The Morgan fingerprint density at radius 3 is 2.72 bits per heavy atom. The molecule has 0 unspecified atom stereocenters. The van der Waals surface area contributed by atoms with Gasteiger partial charge in [0.15, 0.2) is 0 Å². The largest absolute Gasteiger partial charge is 0.367 e. The third kappa shape index (κ3) is 1.69. The van der Waals surface area contributed by atoms with E-state index in [1.165, 1.54) is 17.4 Å². The lowest BCUT2D eigenvalue weighted by Gasteiger charge is -2.01. The first kappa shape index (κ1) is 11.0. The van der Waals surface area contributed by atoms with E-state index < -0.39 is 0 Å². The first-order valence-corrected chi connectivity index (χ1v) is 6.19. The minimum absolute atomic E-state index is 0.204. The normalized spacial score (nSPS) is 10.7. The van der Waals surface area contributed by atoms with Gasteiger partial charge in [-0.15, -0.1) is 11.3 Å². The van der Waals surface area contributed by atoms with E-state index in [4.69, 9.17) is 10.3 Å². The van der Waals surface area contributed by atoms with Crippen molar-refractivity contribution in [2.45, 2.75) is 0 Å². The molecule has 0 aliphatic carbocycles. The SMILES string of the molecule is Nc1onc(-c2ccccc2F)c1-c1cccs1. The number of nitrogen functional groups attached to an aromatic ring is 1. The summed E-state index contributed by atoms with van der Waals surface area (Å²) in [5.41, 5.74) is 7.25. The summed E-state index contributed by atoms with van der Waals surface area (Å²) in [4.78, 5) is 0.909. The Balaban J connectivity index is 2.23. The zero-order valence-electron chi connectivity index (χ0n) is 9.26. The Kier molecular flexibility index (Phi) is 2.60. The van der Waals surface area contributed by atoms with Crippen LogP contribution in [-0.4, -0.2) is 5.16 Å². The van der Waals surface area contributed by atoms with Crippen LogP contribution in [-0.2, 0) is 0 Å². The van der Waals surface area contributed by atoms with E-state index in [1.54, 1.807) is 18.2 Å². The van der Waals surface area contributed by atoms with Gasteiger partial charge in [-0.2, -0.15) is 0 Å². The number of halogens is 1. The zero-order valence-corrected chi connectivity index (χ0v) is 10.1. The molecule has 0 atom stereocenters. The molecule has 0 saturated carbocycles. The topological polar surface area (TPSA) is 52.0 Å². The van der Waals surface area contributed by atoms with Crippen LogP contribution in [0.15, 0.2) is 46.3 Å². The highest BCUT2D eigenvalue weighted by atomic mass is 32.1. The predicted octanol–water partition coefficient (Wildman–Crippen LogP) is 3.79. The molecule has 3 nitrogen and oxygen atoms in total. The van der Waals surface area contributed by atoms with Crippen LogP contribution in [0, 0.1) is 5.82 Å². The molecule has 2 N–H and O–H groups in total. The molecule has 2 heterocycles. The average Bonchev–Trinajstić information content (AvgIpc) is 2.98. The number of anilines is 1. The number of thiophene rings is 1. The second-order valence-corrected chi connectivity index (χ2v) is 4.68. The molecule has 0 aliphatic heterocycles. The molecule has 0 amide bonds. The maximum absolute atomic E-state index is 13.8. The van der Waals surface area contributed by atoms with Gasteiger partial charge in [-0.05, 0) is 23.6 Å². The molecule has 0 spiro atoms. The van der Waals surface area contributed by atoms with Gasteiger partial charge in [0.25, 0.3) is 0 Å². The lowest BCUT2D eigenvalue weighted by molar-refractivity contribution is 0.439. The minimum Gasteiger partial charge on any atom is -0.367 e. The van der Waals surface area contributed by atoms with Gasteiger partial charge in [0.1, 0.15) is 11.5 Å². The van der Waals surface area contributed by atoms with Crippen molar-refractivity contribution in [3.63, 3.8) is 0 Å². The summed E-state index contributed by atoms with van der Waals surface area (Å²) in [6.07, 6.45) is 0. The molecule has 18 heavy (non-hydrogen) atoms. The highest BCUT2D eigenvalue weighted by Gasteiger charge is 2.20. The molecule has 90 valence electrons. The van der Waals surface area contributed by atoms with Crippen molar-refractivity contribution in [3.05, 3.63) is 47.6 Å². The van der Waals surface area contributed by atoms with Gasteiger partial charge >= 0.3 is 0 Å². The lowest BCUT2D eigenvalue weighted by Crippen LogP contribution is -1.88. The van der Waals surface area contributed by atoms with Crippen LogP contribution in [0.25, 0.3) is 21.7 Å². The van der Waals surface area contributed by atoms with E-state index in [9.17, 15) is 4.39 Å². The van der Waals surface area contributed by atoms with E-state index >= 15 is 0 Å². The number of nitrogens with two attached hydrogens (primary N) is 1. The molecule has 0 radical (unpaired) electrons. The van der Waals surface area contributed by atoms with Gasteiger partial charge in [0, 0.05) is 10.4 Å². The fourth-order valence-corrected chi connectivity index (χ4v) is 2.57. The Bertz CT molecular complexity index is 676. The molecule has 0 aliphatic rings. The number of rotatable bonds is 2. The van der Waals surface area contributed by atoms with Gasteiger partial charge in [-0.1, -0.05) is 23.4 Å². The molecule has 3 aromatic rings. The van der Waals surface area contributed by atoms with Crippen LogP contribution in [0.4, 0.5) is 10.3 Å². The molecular weight excluding hydrogens is 251 g/mol. The number of benzene rings is 1. The smallest absolute Gasteiger partial charge is 0.231 e. The van der Waals surface area contributed by atoms with E-state index in [0.29, 0.717) is 16.8 Å². The van der Waals surface area contributed by atoms with Crippen molar-refractivity contribution in [1.29, 1.82) is 0 Å². The van der Waals surface area contributed by atoms with Gasteiger partial charge in [-0.3, -0.25) is 0 Å². The van der Waals surface area contributed by atoms with Crippen molar-refractivity contribution in [3.8, 4) is 21.7 Å².